The molecule has 1 heterocycles. The molecule has 128 valence electrons. The molecule has 0 unspecified atom stereocenters. The standard InChI is InChI=1S/C19H22N2O2.ClH/c1-15-7-5-8-16(13-15)23-12-6-11-21-18-10-4-3-9-17(18)20-19(21)14-22-2;/h3-5,7-10,13H,6,11-12,14H2,1-2H3;1H. The average molecular weight is 347 g/mol. The minimum Gasteiger partial charge on any atom is -0.494 e. The van der Waals surface area contributed by atoms with E-state index in [1.54, 1.807) is 7.11 Å². The SMILES string of the molecule is COCc1nc2ccccc2n1CCCOc1cccc(C)c1.Cl. The van der Waals surface area contributed by atoms with Gasteiger partial charge in [0.1, 0.15) is 18.2 Å². The number of halogens is 1. The lowest BCUT2D eigenvalue weighted by atomic mass is 10.2. The number of hydrogen-bond donors (Lipinski definition) is 0. The van der Waals surface area contributed by atoms with Gasteiger partial charge in [-0.25, -0.2) is 4.98 Å². The summed E-state index contributed by atoms with van der Waals surface area (Å²) in [6.45, 7) is 4.14. The second-order valence-electron chi connectivity index (χ2n) is 5.62. The Morgan fingerprint density at radius 1 is 1.08 bits per heavy atom. The fraction of sp³-hybridized carbons (Fsp3) is 0.316. The van der Waals surface area contributed by atoms with E-state index in [2.05, 4.69) is 34.7 Å². The molecule has 0 bridgehead atoms. The van der Waals surface area contributed by atoms with Crippen LogP contribution in [0.4, 0.5) is 0 Å². The Morgan fingerprint density at radius 2 is 1.92 bits per heavy atom. The van der Waals surface area contributed by atoms with E-state index in [4.69, 9.17) is 9.47 Å². The summed E-state index contributed by atoms with van der Waals surface area (Å²) in [5.41, 5.74) is 3.37. The second kappa shape index (κ2) is 8.71. The van der Waals surface area contributed by atoms with Gasteiger partial charge in [-0.05, 0) is 43.2 Å². The molecule has 2 aromatic carbocycles. The molecule has 0 aliphatic heterocycles. The van der Waals surface area contributed by atoms with Crippen LogP contribution in [0.25, 0.3) is 11.0 Å². The first kappa shape index (κ1) is 18.3. The van der Waals surface area contributed by atoms with Crippen molar-refractivity contribution >= 4 is 23.4 Å². The normalized spacial score (nSPS) is 10.6. The van der Waals surface area contributed by atoms with Crippen molar-refractivity contribution in [2.75, 3.05) is 13.7 Å². The molecule has 3 aromatic rings. The number of rotatable bonds is 7. The van der Waals surface area contributed by atoms with E-state index in [1.807, 2.05) is 30.3 Å². The molecule has 4 nitrogen and oxygen atoms in total. The Hall–Kier alpha value is -2.04. The Balaban J connectivity index is 0.00000208. The largest absolute Gasteiger partial charge is 0.494 e. The van der Waals surface area contributed by atoms with Gasteiger partial charge < -0.3 is 14.0 Å². The van der Waals surface area contributed by atoms with Crippen LogP contribution in [0.3, 0.4) is 0 Å². The van der Waals surface area contributed by atoms with Crippen molar-refractivity contribution < 1.29 is 9.47 Å². The van der Waals surface area contributed by atoms with E-state index in [0.717, 1.165) is 35.6 Å². The third-order valence-corrected chi connectivity index (χ3v) is 3.79. The van der Waals surface area contributed by atoms with Crippen LogP contribution in [0.5, 0.6) is 5.75 Å². The molecule has 3 rings (SSSR count). The summed E-state index contributed by atoms with van der Waals surface area (Å²) in [5.74, 6) is 1.89. The van der Waals surface area contributed by atoms with Gasteiger partial charge in [0.05, 0.1) is 17.6 Å². The summed E-state index contributed by atoms with van der Waals surface area (Å²) in [7, 11) is 1.70. The third-order valence-electron chi connectivity index (χ3n) is 3.79. The maximum Gasteiger partial charge on any atom is 0.135 e. The molecule has 0 N–H and O–H groups in total. The number of benzene rings is 2. The molecule has 0 atom stereocenters. The fourth-order valence-corrected chi connectivity index (χ4v) is 2.73. The Labute approximate surface area is 148 Å². The summed E-state index contributed by atoms with van der Waals surface area (Å²) in [4.78, 5) is 4.65. The van der Waals surface area contributed by atoms with E-state index >= 15 is 0 Å². The van der Waals surface area contributed by atoms with Crippen LogP contribution < -0.4 is 4.74 Å². The maximum absolute atomic E-state index is 5.83. The first-order valence-electron chi connectivity index (χ1n) is 7.90. The van der Waals surface area contributed by atoms with Gasteiger partial charge in [-0.15, -0.1) is 12.4 Å². The lowest BCUT2D eigenvalue weighted by Crippen LogP contribution is -2.08. The van der Waals surface area contributed by atoms with Gasteiger partial charge >= 0.3 is 0 Å². The zero-order valence-corrected chi connectivity index (χ0v) is 14.9. The number of hydrogen-bond acceptors (Lipinski definition) is 3. The molecule has 0 aliphatic rings. The van der Waals surface area contributed by atoms with Crippen molar-refractivity contribution in [2.24, 2.45) is 0 Å². The first-order chi connectivity index (χ1) is 11.3. The topological polar surface area (TPSA) is 36.3 Å². The van der Waals surface area contributed by atoms with Crippen LogP contribution in [-0.4, -0.2) is 23.3 Å². The maximum atomic E-state index is 5.83. The monoisotopic (exact) mass is 346 g/mol. The molecule has 1 aromatic heterocycles. The number of nitrogens with zero attached hydrogens (tertiary/aromatic N) is 2. The Bertz CT molecular complexity index is 786. The third kappa shape index (κ3) is 4.28. The van der Waals surface area contributed by atoms with Gasteiger partial charge in [0, 0.05) is 13.7 Å². The van der Waals surface area contributed by atoms with Gasteiger partial charge in [-0.2, -0.15) is 0 Å². The first-order valence-corrected chi connectivity index (χ1v) is 7.90. The minimum absolute atomic E-state index is 0. The zero-order valence-electron chi connectivity index (χ0n) is 14.1. The highest BCUT2D eigenvalue weighted by Gasteiger charge is 2.09. The van der Waals surface area contributed by atoms with Crippen LogP contribution in [0.2, 0.25) is 0 Å². The molecule has 0 radical (unpaired) electrons. The molecule has 0 saturated heterocycles. The molecule has 0 fully saturated rings. The van der Waals surface area contributed by atoms with Crippen LogP contribution in [0, 0.1) is 6.92 Å². The fourth-order valence-electron chi connectivity index (χ4n) is 2.73. The summed E-state index contributed by atoms with van der Waals surface area (Å²) in [6, 6.07) is 16.3. The Kier molecular flexibility index (Phi) is 6.64. The number of aryl methyl sites for hydroxylation is 2. The van der Waals surface area contributed by atoms with E-state index in [-0.39, 0.29) is 12.4 Å². The van der Waals surface area contributed by atoms with E-state index < -0.39 is 0 Å². The van der Waals surface area contributed by atoms with Crippen molar-refractivity contribution in [1.29, 1.82) is 0 Å². The number of methoxy groups -OCH3 is 1. The van der Waals surface area contributed by atoms with Gasteiger partial charge in [0.15, 0.2) is 0 Å². The van der Waals surface area contributed by atoms with E-state index in [0.29, 0.717) is 13.2 Å². The van der Waals surface area contributed by atoms with Crippen molar-refractivity contribution in [2.45, 2.75) is 26.5 Å². The molecule has 5 heteroatoms. The highest BCUT2D eigenvalue weighted by atomic mass is 35.5. The van der Waals surface area contributed by atoms with Crippen molar-refractivity contribution in [3.05, 3.63) is 59.9 Å². The van der Waals surface area contributed by atoms with Gasteiger partial charge in [0.25, 0.3) is 0 Å². The minimum atomic E-state index is 0. The molecule has 24 heavy (non-hydrogen) atoms. The van der Waals surface area contributed by atoms with E-state index in [1.165, 1.54) is 5.56 Å². The quantitative estimate of drug-likeness (QED) is 0.595. The Morgan fingerprint density at radius 3 is 2.71 bits per heavy atom. The lowest BCUT2D eigenvalue weighted by molar-refractivity contribution is 0.174. The highest BCUT2D eigenvalue weighted by Crippen LogP contribution is 2.18. The summed E-state index contributed by atoms with van der Waals surface area (Å²) >= 11 is 0. The second-order valence-corrected chi connectivity index (χ2v) is 5.62. The summed E-state index contributed by atoms with van der Waals surface area (Å²) in [5, 5.41) is 0. The van der Waals surface area contributed by atoms with E-state index in [9.17, 15) is 0 Å². The van der Waals surface area contributed by atoms with Crippen molar-refractivity contribution in [3.8, 4) is 5.75 Å². The molecule has 0 saturated carbocycles. The smallest absolute Gasteiger partial charge is 0.135 e. The van der Waals surface area contributed by atoms with Crippen LogP contribution in [0.1, 0.15) is 17.8 Å². The molecule has 0 spiro atoms. The number of fused-ring (bicyclic) bond motifs is 1. The molecule has 0 aliphatic carbocycles. The number of ether oxygens (including phenoxy) is 2. The van der Waals surface area contributed by atoms with Gasteiger partial charge in [-0.3, -0.25) is 0 Å². The van der Waals surface area contributed by atoms with Gasteiger partial charge in [0.2, 0.25) is 0 Å². The molecular formula is C19H23ClN2O2. The highest BCUT2D eigenvalue weighted by molar-refractivity contribution is 5.85. The van der Waals surface area contributed by atoms with Crippen molar-refractivity contribution in [3.63, 3.8) is 0 Å². The van der Waals surface area contributed by atoms with Crippen LogP contribution >= 0.6 is 12.4 Å². The van der Waals surface area contributed by atoms with Crippen LogP contribution in [-0.2, 0) is 17.9 Å². The predicted octanol–water partition coefficient (Wildman–Crippen LogP) is 4.38. The summed E-state index contributed by atoms with van der Waals surface area (Å²) < 4.78 is 13.3. The number of aromatic nitrogens is 2. The van der Waals surface area contributed by atoms with Crippen LogP contribution in [0.15, 0.2) is 48.5 Å². The number of imidazole rings is 1. The molecular weight excluding hydrogens is 324 g/mol. The zero-order chi connectivity index (χ0) is 16.1. The van der Waals surface area contributed by atoms with Gasteiger partial charge in [-0.1, -0.05) is 24.3 Å². The van der Waals surface area contributed by atoms with Crippen molar-refractivity contribution in [1.82, 2.24) is 9.55 Å². The predicted molar refractivity (Wildman–Crippen MR) is 99.0 cm³/mol. The average Bonchev–Trinajstić information content (AvgIpc) is 2.90. The summed E-state index contributed by atoms with van der Waals surface area (Å²) in [6.07, 6.45) is 0.922. The lowest BCUT2D eigenvalue weighted by Gasteiger charge is -2.10. The number of para-hydroxylation sites is 2. The molecule has 0 amide bonds.